The summed E-state index contributed by atoms with van der Waals surface area (Å²) in [5, 5.41) is 0. The van der Waals surface area contributed by atoms with Crippen LogP contribution in [0, 0.1) is 5.92 Å². The Kier molecular flexibility index (Phi) is 14.1. The Morgan fingerprint density at radius 2 is 1.18 bits per heavy atom. The highest BCUT2D eigenvalue weighted by Crippen LogP contribution is 2.08. The number of ether oxygens (including phenoxy) is 2. The Bertz CT molecular complexity index is 287. The fraction of sp³-hybridized carbons (Fsp3) is 0.889. The average Bonchev–Trinajstić information content (AvgIpc) is 2.49. The van der Waals surface area contributed by atoms with E-state index in [1.165, 1.54) is 38.5 Å². The average molecular weight is 314 g/mol. The molecule has 130 valence electrons. The van der Waals surface area contributed by atoms with Crippen LogP contribution in [0.2, 0.25) is 0 Å². The zero-order valence-electron chi connectivity index (χ0n) is 14.7. The predicted octanol–water partition coefficient (Wildman–Crippen LogP) is 4.65. The van der Waals surface area contributed by atoms with Crippen molar-refractivity contribution in [1.29, 1.82) is 0 Å². The topological polar surface area (TPSA) is 52.6 Å². The van der Waals surface area contributed by atoms with Crippen LogP contribution in [-0.4, -0.2) is 25.2 Å². The SMILES string of the molecule is CCCCCCCCCCOC(=O)C(=O)OCCCC(C)C. The Hall–Kier alpha value is -1.06. The molecule has 0 aromatic carbocycles. The van der Waals surface area contributed by atoms with E-state index in [2.05, 4.69) is 20.8 Å². The lowest BCUT2D eigenvalue weighted by Crippen LogP contribution is -2.21. The van der Waals surface area contributed by atoms with Gasteiger partial charge in [0.2, 0.25) is 0 Å². The normalized spacial score (nSPS) is 10.7. The molecule has 0 saturated heterocycles. The van der Waals surface area contributed by atoms with E-state index in [0.29, 0.717) is 19.1 Å². The molecule has 0 aliphatic rings. The molecular weight excluding hydrogens is 280 g/mol. The van der Waals surface area contributed by atoms with Gasteiger partial charge in [0.25, 0.3) is 0 Å². The van der Waals surface area contributed by atoms with Crippen molar-refractivity contribution < 1.29 is 19.1 Å². The standard InChI is InChI=1S/C18H34O4/c1-4-5-6-7-8-9-10-11-14-21-17(19)18(20)22-15-12-13-16(2)3/h16H,4-15H2,1-3H3. The highest BCUT2D eigenvalue weighted by atomic mass is 16.6. The van der Waals surface area contributed by atoms with Crippen molar-refractivity contribution in [2.45, 2.75) is 85.0 Å². The van der Waals surface area contributed by atoms with Gasteiger partial charge in [0.05, 0.1) is 13.2 Å². The van der Waals surface area contributed by atoms with E-state index in [1.807, 2.05) is 0 Å². The molecule has 0 aliphatic heterocycles. The van der Waals surface area contributed by atoms with Gasteiger partial charge in [0, 0.05) is 0 Å². The van der Waals surface area contributed by atoms with Gasteiger partial charge < -0.3 is 9.47 Å². The van der Waals surface area contributed by atoms with E-state index in [4.69, 9.17) is 9.47 Å². The molecule has 0 saturated carbocycles. The minimum absolute atomic E-state index is 0.296. The number of rotatable bonds is 13. The van der Waals surface area contributed by atoms with Crippen LogP contribution >= 0.6 is 0 Å². The van der Waals surface area contributed by atoms with Gasteiger partial charge in [-0.05, 0) is 25.2 Å². The molecule has 0 aliphatic carbocycles. The number of hydrogen-bond donors (Lipinski definition) is 0. The maximum Gasteiger partial charge on any atom is 0.417 e. The van der Waals surface area contributed by atoms with Crippen LogP contribution in [0.25, 0.3) is 0 Å². The first-order valence-corrected chi connectivity index (χ1v) is 8.91. The second-order valence-corrected chi connectivity index (χ2v) is 6.28. The minimum atomic E-state index is -0.858. The summed E-state index contributed by atoms with van der Waals surface area (Å²) in [6, 6.07) is 0. The Labute approximate surface area is 135 Å². The van der Waals surface area contributed by atoms with Crippen molar-refractivity contribution in [3.05, 3.63) is 0 Å². The zero-order chi connectivity index (χ0) is 16.6. The molecule has 0 fully saturated rings. The molecule has 22 heavy (non-hydrogen) atoms. The van der Waals surface area contributed by atoms with Gasteiger partial charge in [0.15, 0.2) is 0 Å². The van der Waals surface area contributed by atoms with Crippen LogP contribution < -0.4 is 0 Å². The molecule has 0 heterocycles. The van der Waals surface area contributed by atoms with Crippen LogP contribution in [0.3, 0.4) is 0 Å². The van der Waals surface area contributed by atoms with Gasteiger partial charge in [-0.3, -0.25) is 0 Å². The molecule has 0 unspecified atom stereocenters. The molecular formula is C18H34O4. The van der Waals surface area contributed by atoms with Crippen LogP contribution in [0.15, 0.2) is 0 Å². The smallest absolute Gasteiger partial charge is 0.417 e. The van der Waals surface area contributed by atoms with Gasteiger partial charge in [-0.2, -0.15) is 0 Å². The number of carbonyl (C=O) groups excluding carboxylic acids is 2. The van der Waals surface area contributed by atoms with E-state index in [-0.39, 0.29) is 0 Å². The Balaban J connectivity index is 3.39. The van der Waals surface area contributed by atoms with E-state index >= 15 is 0 Å². The minimum Gasteiger partial charge on any atom is -0.457 e. The Morgan fingerprint density at radius 3 is 1.68 bits per heavy atom. The fourth-order valence-corrected chi connectivity index (χ4v) is 2.18. The quantitative estimate of drug-likeness (QED) is 0.282. The molecule has 0 aromatic rings. The molecule has 0 amide bonds. The highest BCUT2D eigenvalue weighted by Gasteiger charge is 2.16. The summed E-state index contributed by atoms with van der Waals surface area (Å²) < 4.78 is 9.79. The van der Waals surface area contributed by atoms with Crippen LogP contribution in [0.4, 0.5) is 0 Å². The van der Waals surface area contributed by atoms with Crippen LogP contribution in [0.1, 0.15) is 85.0 Å². The van der Waals surface area contributed by atoms with E-state index in [9.17, 15) is 9.59 Å². The number of hydrogen-bond acceptors (Lipinski definition) is 4. The lowest BCUT2D eigenvalue weighted by atomic mass is 10.1. The number of carbonyl (C=O) groups is 2. The van der Waals surface area contributed by atoms with Gasteiger partial charge in [0.1, 0.15) is 0 Å². The van der Waals surface area contributed by atoms with E-state index < -0.39 is 11.9 Å². The van der Waals surface area contributed by atoms with Crippen molar-refractivity contribution in [2.24, 2.45) is 5.92 Å². The van der Waals surface area contributed by atoms with Gasteiger partial charge >= 0.3 is 11.9 Å². The first-order valence-electron chi connectivity index (χ1n) is 8.91. The summed E-state index contributed by atoms with van der Waals surface area (Å²) in [6.07, 6.45) is 11.2. The second kappa shape index (κ2) is 14.9. The lowest BCUT2D eigenvalue weighted by molar-refractivity contribution is -0.167. The molecule has 4 nitrogen and oxygen atoms in total. The van der Waals surface area contributed by atoms with Gasteiger partial charge in [-0.15, -0.1) is 0 Å². The first kappa shape index (κ1) is 20.9. The largest absolute Gasteiger partial charge is 0.457 e. The molecule has 0 spiro atoms. The van der Waals surface area contributed by atoms with E-state index in [0.717, 1.165) is 25.7 Å². The summed E-state index contributed by atoms with van der Waals surface area (Å²) in [7, 11) is 0. The van der Waals surface area contributed by atoms with Crippen LogP contribution in [0.5, 0.6) is 0 Å². The third kappa shape index (κ3) is 13.9. The second-order valence-electron chi connectivity index (χ2n) is 6.28. The maximum absolute atomic E-state index is 11.4. The maximum atomic E-state index is 11.4. The summed E-state index contributed by atoms with van der Waals surface area (Å²) >= 11 is 0. The molecule has 0 radical (unpaired) electrons. The number of unbranched alkanes of at least 4 members (excludes halogenated alkanes) is 7. The molecule has 0 bridgehead atoms. The third-order valence-electron chi connectivity index (χ3n) is 3.56. The molecule has 0 aromatic heterocycles. The Morgan fingerprint density at radius 1 is 0.727 bits per heavy atom. The summed E-state index contributed by atoms with van der Waals surface area (Å²) in [6.45, 7) is 7.04. The summed E-state index contributed by atoms with van der Waals surface area (Å²) in [5.41, 5.74) is 0. The zero-order valence-corrected chi connectivity index (χ0v) is 14.7. The third-order valence-corrected chi connectivity index (χ3v) is 3.56. The molecule has 0 rings (SSSR count). The molecule has 0 atom stereocenters. The highest BCUT2D eigenvalue weighted by molar-refractivity contribution is 6.29. The van der Waals surface area contributed by atoms with Crippen molar-refractivity contribution in [3.8, 4) is 0 Å². The van der Waals surface area contributed by atoms with Gasteiger partial charge in [-0.1, -0.05) is 65.7 Å². The fourth-order valence-electron chi connectivity index (χ4n) is 2.18. The molecule has 0 N–H and O–H groups in total. The molecule has 4 heteroatoms. The van der Waals surface area contributed by atoms with Crippen molar-refractivity contribution in [2.75, 3.05) is 13.2 Å². The first-order chi connectivity index (χ1) is 10.6. The predicted molar refractivity (Wildman–Crippen MR) is 88.6 cm³/mol. The van der Waals surface area contributed by atoms with Gasteiger partial charge in [-0.25, -0.2) is 9.59 Å². The van der Waals surface area contributed by atoms with Crippen LogP contribution in [-0.2, 0) is 19.1 Å². The summed E-state index contributed by atoms with van der Waals surface area (Å²) in [4.78, 5) is 22.7. The van der Waals surface area contributed by atoms with Crippen molar-refractivity contribution in [1.82, 2.24) is 0 Å². The van der Waals surface area contributed by atoms with Crippen molar-refractivity contribution >= 4 is 11.9 Å². The summed E-state index contributed by atoms with van der Waals surface area (Å²) in [5.74, 6) is -1.14. The lowest BCUT2D eigenvalue weighted by Gasteiger charge is -2.07. The monoisotopic (exact) mass is 314 g/mol. The van der Waals surface area contributed by atoms with E-state index in [1.54, 1.807) is 0 Å². The van der Waals surface area contributed by atoms with Crippen molar-refractivity contribution in [3.63, 3.8) is 0 Å². The number of esters is 2.